The Bertz CT molecular complexity index is 590. The molecule has 0 unspecified atom stereocenters. The Balaban J connectivity index is 1.55. The molecule has 1 aliphatic rings. The lowest BCUT2D eigenvalue weighted by Crippen LogP contribution is -2.33. The van der Waals surface area contributed by atoms with Crippen LogP contribution in [0.5, 0.6) is 0 Å². The highest BCUT2D eigenvalue weighted by Gasteiger charge is 2.17. The molecule has 0 spiro atoms. The zero-order valence-electron chi connectivity index (χ0n) is 12.3. The summed E-state index contributed by atoms with van der Waals surface area (Å²) in [5.74, 6) is 1.32. The smallest absolute Gasteiger partial charge is 0.233 e. The van der Waals surface area contributed by atoms with E-state index in [1.807, 2.05) is 17.0 Å². The highest BCUT2D eigenvalue weighted by molar-refractivity contribution is 7.99. The van der Waals surface area contributed by atoms with Gasteiger partial charge < -0.3 is 9.32 Å². The van der Waals surface area contributed by atoms with E-state index in [0.29, 0.717) is 17.5 Å². The number of hydrogen-bond acceptors (Lipinski definition) is 6. The first kappa shape index (κ1) is 15.1. The van der Waals surface area contributed by atoms with E-state index in [9.17, 15) is 4.79 Å². The van der Waals surface area contributed by atoms with Gasteiger partial charge in [0.25, 0.3) is 0 Å². The van der Waals surface area contributed by atoms with Crippen LogP contribution in [0.15, 0.2) is 28.0 Å². The molecule has 8 heteroatoms. The van der Waals surface area contributed by atoms with Crippen molar-refractivity contribution in [1.29, 1.82) is 0 Å². The number of hydrogen-bond donors (Lipinski definition) is 0. The van der Waals surface area contributed by atoms with E-state index >= 15 is 0 Å². The third-order valence-electron chi connectivity index (χ3n) is 3.67. The zero-order valence-corrected chi connectivity index (χ0v) is 13.2. The average molecular weight is 321 g/mol. The number of thioether (sulfide) groups is 1. The molecule has 1 amide bonds. The van der Waals surface area contributed by atoms with Gasteiger partial charge >= 0.3 is 0 Å². The molecule has 0 N–H and O–H groups in total. The van der Waals surface area contributed by atoms with Gasteiger partial charge in [0.1, 0.15) is 12.3 Å². The Morgan fingerprint density at radius 3 is 2.82 bits per heavy atom. The van der Waals surface area contributed by atoms with Crippen molar-refractivity contribution in [3.05, 3.63) is 24.2 Å². The Hall–Kier alpha value is -1.83. The second-order valence-corrected chi connectivity index (χ2v) is 6.22. The summed E-state index contributed by atoms with van der Waals surface area (Å²) in [4.78, 5) is 14.2. The first-order valence-corrected chi connectivity index (χ1v) is 8.50. The molecule has 22 heavy (non-hydrogen) atoms. The molecule has 0 atom stereocenters. The standard InChI is InChI=1S/C14H19N5O2S/c20-13(18-7-3-1-2-4-8-18)11-22-14-15-16-17-19(14)10-12-6-5-9-21-12/h5-6,9H,1-4,7-8,10-11H2. The van der Waals surface area contributed by atoms with Crippen molar-refractivity contribution in [3.63, 3.8) is 0 Å². The van der Waals surface area contributed by atoms with Gasteiger partial charge in [0, 0.05) is 13.1 Å². The molecule has 118 valence electrons. The molecule has 0 radical (unpaired) electrons. The minimum atomic E-state index is 0.166. The van der Waals surface area contributed by atoms with Crippen molar-refractivity contribution in [3.8, 4) is 0 Å². The molecule has 1 saturated heterocycles. The highest BCUT2D eigenvalue weighted by atomic mass is 32.2. The van der Waals surface area contributed by atoms with Crippen LogP contribution in [-0.2, 0) is 11.3 Å². The van der Waals surface area contributed by atoms with Gasteiger partial charge in [-0.05, 0) is 35.4 Å². The van der Waals surface area contributed by atoms with Crippen molar-refractivity contribution >= 4 is 17.7 Å². The lowest BCUT2D eigenvalue weighted by Gasteiger charge is -2.19. The predicted molar refractivity (Wildman–Crippen MR) is 81.4 cm³/mol. The van der Waals surface area contributed by atoms with Gasteiger partial charge in [0.05, 0.1) is 12.0 Å². The van der Waals surface area contributed by atoms with Crippen LogP contribution in [0.3, 0.4) is 0 Å². The van der Waals surface area contributed by atoms with E-state index in [0.717, 1.165) is 31.7 Å². The van der Waals surface area contributed by atoms with Crippen LogP contribution >= 0.6 is 11.8 Å². The van der Waals surface area contributed by atoms with Crippen LogP contribution in [0.2, 0.25) is 0 Å². The van der Waals surface area contributed by atoms with Gasteiger partial charge in [0.2, 0.25) is 11.1 Å². The fraction of sp³-hybridized carbons (Fsp3) is 0.571. The quantitative estimate of drug-likeness (QED) is 0.782. The van der Waals surface area contributed by atoms with Gasteiger partial charge in [-0.2, -0.15) is 0 Å². The van der Waals surface area contributed by atoms with Crippen LogP contribution in [0, 0.1) is 0 Å². The second kappa shape index (κ2) is 7.44. The maximum Gasteiger partial charge on any atom is 0.233 e. The molecular weight excluding hydrogens is 302 g/mol. The molecule has 0 saturated carbocycles. The van der Waals surface area contributed by atoms with Gasteiger partial charge in [-0.25, -0.2) is 4.68 Å². The molecule has 1 fully saturated rings. The molecule has 2 aromatic heterocycles. The van der Waals surface area contributed by atoms with E-state index in [2.05, 4.69) is 15.5 Å². The van der Waals surface area contributed by atoms with Crippen molar-refractivity contribution in [2.75, 3.05) is 18.8 Å². The van der Waals surface area contributed by atoms with E-state index in [4.69, 9.17) is 4.42 Å². The monoisotopic (exact) mass is 321 g/mol. The van der Waals surface area contributed by atoms with Crippen LogP contribution in [-0.4, -0.2) is 49.9 Å². The van der Waals surface area contributed by atoms with Crippen molar-refractivity contribution < 1.29 is 9.21 Å². The molecule has 3 heterocycles. The van der Waals surface area contributed by atoms with Crippen molar-refractivity contribution in [1.82, 2.24) is 25.1 Å². The normalized spacial score (nSPS) is 15.7. The minimum absolute atomic E-state index is 0.166. The van der Waals surface area contributed by atoms with Crippen LogP contribution in [0.25, 0.3) is 0 Å². The number of rotatable bonds is 5. The molecular formula is C14H19N5O2S. The summed E-state index contributed by atoms with van der Waals surface area (Å²) in [6, 6.07) is 3.70. The van der Waals surface area contributed by atoms with E-state index in [1.165, 1.54) is 24.6 Å². The number of amides is 1. The third kappa shape index (κ3) is 3.88. The van der Waals surface area contributed by atoms with Gasteiger partial charge in [-0.3, -0.25) is 4.79 Å². The first-order valence-electron chi connectivity index (χ1n) is 7.52. The summed E-state index contributed by atoms with van der Waals surface area (Å²) in [5.41, 5.74) is 0. The SMILES string of the molecule is O=C(CSc1nnnn1Cc1ccco1)N1CCCCCC1. The van der Waals surface area contributed by atoms with Crippen molar-refractivity contribution in [2.24, 2.45) is 0 Å². The molecule has 3 rings (SSSR count). The average Bonchev–Trinajstić information content (AvgIpc) is 3.11. The van der Waals surface area contributed by atoms with Crippen molar-refractivity contribution in [2.45, 2.75) is 37.4 Å². The third-order valence-corrected chi connectivity index (χ3v) is 4.61. The van der Waals surface area contributed by atoms with Gasteiger partial charge in [-0.1, -0.05) is 24.6 Å². The molecule has 1 aliphatic heterocycles. The first-order chi connectivity index (χ1) is 10.8. The number of tetrazole rings is 1. The summed E-state index contributed by atoms with van der Waals surface area (Å²) < 4.78 is 6.95. The highest BCUT2D eigenvalue weighted by Crippen LogP contribution is 2.17. The molecule has 0 aliphatic carbocycles. The summed E-state index contributed by atoms with van der Waals surface area (Å²) in [7, 11) is 0. The Morgan fingerprint density at radius 2 is 2.09 bits per heavy atom. The van der Waals surface area contributed by atoms with Crippen LogP contribution < -0.4 is 0 Å². The lowest BCUT2D eigenvalue weighted by molar-refractivity contribution is -0.128. The summed E-state index contributed by atoms with van der Waals surface area (Å²) in [5, 5.41) is 12.3. The lowest BCUT2D eigenvalue weighted by atomic mass is 10.2. The van der Waals surface area contributed by atoms with E-state index in [-0.39, 0.29) is 5.91 Å². The van der Waals surface area contributed by atoms with Crippen LogP contribution in [0.4, 0.5) is 0 Å². The topological polar surface area (TPSA) is 77.0 Å². The zero-order chi connectivity index (χ0) is 15.2. The molecule has 2 aromatic rings. The van der Waals surface area contributed by atoms with E-state index < -0.39 is 0 Å². The summed E-state index contributed by atoms with van der Waals surface area (Å²) in [6.07, 6.45) is 6.27. The maximum absolute atomic E-state index is 12.3. The Labute approximate surface area is 133 Å². The van der Waals surface area contributed by atoms with E-state index in [1.54, 1.807) is 10.9 Å². The predicted octanol–water partition coefficient (Wildman–Crippen LogP) is 1.81. The summed E-state index contributed by atoms with van der Waals surface area (Å²) >= 11 is 1.38. The second-order valence-electron chi connectivity index (χ2n) is 5.28. The summed E-state index contributed by atoms with van der Waals surface area (Å²) in [6.45, 7) is 2.22. The minimum Gasteiger partial charge on any atom is -0.467 e. The number of aromatic nitrogens is 4. The number of carbonyl (C=O) groups excluding carboxylic acids is 1. The number of carbonyl (C=O) groups is 1. The fourth-order valence-corrected chi connectivity index (χ4v) is 3.27. The van der Waals surface area contributed by atoms with Gasteiger partial charge in [0.15, 0.2) is 0 Å². The maximum atomic E-state index is 12.3. The number of likely N-dealkylation sites (tertiary alicyclic amines) is 1. The Kier molecular flexibility index (Phi) is 5.10. The van der Waals surface area contributed by atoms with Gasteiger partial charge in [-0.15, -0.1) is 5.10 Å². The van der Waals surface area contributed by atoms with Crippen LogP contribution in [0.1, 0.15) is 31.4 Å². The molecule has 0 aromatic carbocycles. The molecule has 7 nitrogen and oxygen atoms in total. The fourth-order valence-electron chi connectivity index (χ4n) is 2.49. The largest absolute Gasteiger partial charge is 0.467 e. The number of furan rings is 1. The number of nitrogens with zero attached hydrogens (tertiary/aromatic N) is 5. The molecule has 0 bridgehead atoms. The Morgan fingerprint density at radius 1 is 1.27 bits per heavy atom.